The Morgan fingerprint density at radius 2 is 2.00 bits per heavy atom. The van der Waals surface area contributed by atoms with Crippen molar-refractivity contribution < 1.29 is 41.0 Å². The van der Waals surface area contributed by atoms with Gasteiger partial charge in [-0.2, -0.15) is 17.5 Å². The van der Waals surface area contributed by atoms with E-state index in [-0.39, 0.29) is 30.4 Å². The van der Waals surface area contributed by atoms with Crippen molar-refractivity contribution in [2.45, 2.75) is 25.2 Å². The predicted octanol–water partition coefficient (Wildman–Crippen LogP) is 0.628. The van der Waals surface area contributed by atoms with E-state index < -0.39 is 22.2 Å². The molecule has 0 spiro atoms. The summed E-state index contributed by atoms with van der Waals surface area (Å²) < 4.78 is 62.4. The number of hydrogen-bond acceptors (Lipinski definition) is 6. The Bertz CT molecular complexity index is 850. The lowest BCUT2D eigenvalue weighted by Gasteiger charge is -2.37. The van der Waals surface area contributed by atoms with E-state index in [2.05, 4.69) is 10.3 Å². The van der Waals surface area contributed by atoms with Crippen LogP contribution in [0.25, 0.3) is 0 Å². The Kier molecular flexibility index (Phi) is 7.77. The Balaban J connectivity index is 0.000000396. The summed E-state index contributed by atoms with van der Waals surface area (Å²) in [6, 6.07) is 5.52. The van der Waals surface area contributed by atoms with Crippen molar-refractivity contribution in [3.8, 4) is 0 Å². The van der Waals surface area contributed by atoms with E-state index in [1.54, 1.807) is 6.20 Å². The van der Waals surface area contributed by atoms with Crippen LogP contribution < -0.4 is 5.32 Å². The summed E-state index contributed by atoms with van der Waals surface area (Å²) in [7, 11) is -3.34. The Morgan fingerprint density at radius 3 is 2.53 bits per heavy atom. The number of halogens is 3. The smallest absolute Gasteiger partial charge is 0.475 e. The van der Waals surface area contributed by atoms with Crippen molar-refractivity contribution in [3.05, 3.63) is 30.1 Å². The minimum Gasteiger partial charge on any atom is -0.475 e. The predicted molar refractivity (Wildman–Crippen MR) is 97.5 cm³/mol. The van der Waals surface area contributed by atoms with Crippen molar-refractivity contribution in [1.82, 2.24) is 14.6 Å². The summed E-state index contributed by atoms with van der Waals surface area (Å²) in [5.41, 5.74) is 0.774. The van der Waals surface area contributed by atoms with E-state index in [0.29, 0.717) is 19.7 Å². The first-order chi connectivity index (χ1) is 13.9. The highest BCUT2D eigenvalue weighted by molar-refractivity contribution is 7.88. The van der Waals surface area contributed by atoms with Crippen LogP contribution in [0.3, 0.4) is 0 Å². The molecule has 0 unspecified atom stereocenters. The average molecular weight is 453 g/mol. The molecule has 0 aliphatic carbocycles. The monoisotopic (exact) mass is 453 g/mol. The fourth-order valence-electron chi connectivity index (χ4n) is 3.30. The number of hydrogen-bond donors (Lipinski definition) is 2. The normalized spacial score (nSPS) is 24.3. The Hall–Kier alpha value is -2.25. The van der Waals surface area contributed by atoms with Gasteiger partial charge in [-0.3, -0.25) is 9.78 Å². The number of carboxylic acid groups (broad SMARTS) is 1. The van der Waals surface area contributed by atoms with Crippen LogP contribution in [0.1, 0.15) is 12.1 Å². The molecule has 0 saturated carbocycles. The van der Waals surface area contributed by atoms with E-state index in [9.17, 15) is 26.4 Å². The van der Waals surface area contributed by atoms with E-state index >= 15 is 0 Å². The lowest BCUT2D eigenvalue weighted by Crippen LogP contribution is -2.54. The van der Waals surface area contributed by atoms with E-state index in [1.807, 2.05) is 18.2 Å². The summed E-state index contributed by atoms with van der Waals surface area (Å²) in [6.07, 6.45) is -1.63. The van der Waals surface area contributed by atoms with Gasteiger partial charge in [-0.15, -0.1) is 0 Å². The van der Waals surface area contributed by atoms with E-state index in [4.69, 9.17) is 14.6 Å². The van der Waals surface area contributed by atoms with Crippen molar-refractivity contribution in [2.24, 2.45) is 11.8 Å². The fraction of sp³-hybridized carbons (Fsp3) is 0.588. The van der Waals surface area contributed by atoms with Crippen molar-refractivity contribution in [1.29, 1.82) is 0 Å². The fourth-order valence-corrected chi connectivity index (χ4v) is 4.15. The summed E-state index contributed by atoms with van der Waals surface area (Å²) in [5, 5.41) is 10.00. The van der Waals surface area contributed by atoms with E-state index in [1.165, 1.54) is 10.6 Å². The molecule has 9 nitrogen and oxygen atoms in total. The SMILES string of the molecule is CS(=O)(=O)N1C[C@H](C(=O)NCc2ccccn2)[C@@H]2CCO[C@@H]2C1.O=C(O)C(F)(F)F. The van der Waals surface area contributed by atoms with Gasteiger partial charge in [0, 0.05) is 31.8 Å². The van der Waals surface area contributed by atoms with Gasteiger partial charge in [0.05, 0.1) is 30.5 Å². The molecule has 2 aliphatic rings. The molecule has 13 heteroatoms. The number of carbonyl (C=O) groups is 2. The van der Waals surface area contributed by atoms with Crippen LogP contribution in [-0.2, 0) is 30.9 Å². The molecule has 3 rings (SSSR count). The van der Waals surface area contributed by atoms with Gasteiger partial charge in [-0.25, -0.2) is 13.2 Å². The third kappa shape index (κ3) is 6.64. The molecule has 168 valence electrons. The molecule has 2 aliphatic heterocycles. The second-order valence-corrected chi connectivity index (χ2v) is 8.87. The summed E-state index contributed by atoms with van der Waals surface area (Å²) >= 11 is 0. The summed E-state index contributed by atoms with van der Waals surface area (Å²) in [4.78, 5) is 25.6. The van der Waals surface area contributed by atoms with Crippen LogP contribution in [0.5, 0.6) is 0 Å². The minimum absolute atomic E-state index is 0.0803. The first-order valence-corrected chi connectivity index (χ1v) is 10.8. The Morgan fingerprint density at radius 1 is 1.33 bits per heavy atom. The second kappa shape index (κ2) is 9.71. The number of fused-ring (bicyclic) bond motifs is 1. The van der Waals surface area contributed by atoms with Crippen LogP contribution in [0, 0.1) is 11.8 Å². The maximum atomic E-state index is 12.6. The maximum Gasteiger partial charge on any atom is 0.490 e. The third-order valence-electron chi connectivity index (χ3n) is 4.78. The van der Waals surface area contributed by atoms with Gasteiger partial charge in [0.2, 0.25) is 15.9 Å². The van der Waals surface area contributed by atoms with Gasteiger partial charge in [0.25, 0.3) is 0 Å². The zero-order valence-electron chi connectivity index (χ0n) is 16.0. The number of aliphatic carboxylic acids is 1. The first kappa shape index (κ1) is 24.0. The summed E-state index contributed by atoms with van der Waals surface area (Å²) in [6.45, 7) is 1.48. The number of piperidine rings is 1. The number of amides is 1. The largest absolute Gasteiger partial charge is 0.490 e. The molecule has 2 saturated heterocycles. The molecule has 0 radical (unpaired) electrons. The lowest BCUT2D eigenvalue weighted by molar-refractivity contribution is -0.192. The molecule has 0 bridgehead atoms. The first-order valence-electron chi connectivity index (χ1n) is 8.94. The van der Waals surface area contributed by atoms with Gasteiger partial charge in [-0.05, 0) is 18.6 Å². The highest BCUT2D eigenvalue weighted by atomic mass is 32.2. The number of ether oxygens (including phenoxy) is 1. The third-order valence-corrected chi connectivity index (χ3v) is 6.02. The highest BCUT2D eigenvalue weighted by Gasteiger charge is 2.46. The molecule has 3 heterocycles. The molecule has 1 aromatic rings. The maximum absolute atomic E-state index is 12.6. The van der Waals surface area contributed by atoms with Crippen LogP contribution in [0.15, 0.2) is 24.4 Å². The quantitative estimate of drug-likeness (QED) is 0.685. The lowest BCUT2D eigenvalue weighted by atomic mass is 9.83. The van der Waals surface area contributed by atoms with Gasteiger partial charge in [0.15, 0.2) is 0 Å². The average Bonchev–Trinajstić information content (AvgIpc) is 3.14. The molecule has 2 fully saturated rings. The number of aromatic nitrogens is 1. The van der Waals surface area contributed by atoms with Crippen molar-refractivity contribution in [2.75, 3.05) is 26.0 Å². The standard InChI is InChI=1S/C15H21N3O4S.C2HF3O2/c1-23(20,21)18-9-13(12-5-7-22-14(12)10-18)15(19)17-8-11-4-2-3-6-16-11;3-2(4,5)1(6)7/h2-4,6,12-14H,5,7-10H2,1H3,(H,17,19);(H,6,7)/t12-,13-,14+;/m0./s1. The zero-order valence-corrected chi connectivity index (χ0v) is 16.8. The van der Waals surface area contributed by atoms with Gasteiger partial charge < -0.3 is 15.2 Å². The number of nitrogens with one attached hydrogen (secondary N) is 1. The van der Waals surface area contributed by atoms with E-state index in [0.717, 1.165) is 12.1 Å². The van der Waals surface area contributed by atoms with Crippen molar-refractivity contribution in [3.63, 3.8) is 0 Å². The van der Waals surface area contributed by atoms with Crippen LogP contribution in [0.2, 0.25) is 0 Å². The number of carbonyl (C=O) groups excluding carboxylic acids is 1. The number of nitrogens with zero attached hydrogens (tertiary/aromatic N) is 2. The molecule has 1 amide bonds. The van der Waals surface area contributed by atoms with Crippen LogP contribution >= 0.6 is 0 Å². The highest BCUT2D eigenvalue weighted by Crippen LogP contribution is 2.34. The van der Waals surface area contributed by atoms with Crippen molar-refractivity contribution >= 4 is 21.9 Å². The molecule has 0 aromatic carbocycles. The molecular formula is C17H22F3N3O6S. The molecular weight excluding hydrogens is 431 g/mol. The molecule has 1 aromatic heterocycles. The number of sulfonamides is 1. The van der Waals surface area contributed by atoms with Gasteiger partial charge in [0.1, 0.15) is 0 Å². The van der Waals surface area contributed by atoms with Crippen LogP contribution in [-0.4, -0.2) is 72.9 Å². The number of rotatable bonds is 4. The molecule has 3 atom stereocenters. The molecule has 30 heavy (non-hydrogen) atoms. The van der Waals surface area contributed by atoms with Crippen LogP contribution in [0.4, 0.5) is 13.2 Å². The molecule has 2 N–H and O–H groups in total. The Labute approximate surface area is 171 Å². The number of pyridine rings is 1. The topological polar surface area (TPSA) is 126 Å². The number of alkyl halides is 3. The van der Waals surface area contributed by atoms with Gasteiger partial charge >= 0.3 is 12.1 Å². The number of carboxylic acids is 1. The van der Waals surface area contributed by atoms with Gasteiger partial charge in [-0.1, -0.05) is 6.07 Å². The summed E-state index contributed by atoms with van der Waals surface area (Å²) in [5.74, 6) is -3.19. The zero-order chi connectivity index (χ0) is 22.5. The minimum atomic E-state index is -5.08. The second-order valence-electron chi connectivity index (χ2n) is 6.89.